The van der Waals surface area contributed by atoms with Gasteiger partial charge in [0.1, 0.15) is 0 Å². The molecular weight excluding hydrogens is 332 g/mol. The average molecular weight is 346 g/mol. The van der Waals surface area contributed by atoms with Gasteiger partial charge in [0.25, 0.3) is 5.52 Å². The zero-order valence-corrected chi connectivity index (χ0v) is 13.5. The van der Waals surface area contributed by atoms with Crippen LogP contribution in [0.4, 0.5) is 11.5 Å². The third-order valence-electron chi connectivity index (χ3n) is 4.21. The van der Waals surface area contributed by atoms with E-state index in [0.29, 0.717) is 15.1 Å². The van der Waals surface area contributed by atoms with Crippen molar-refractivity contribution < 1.29 is 14.3 Å². The van der Waals surface area contributed by atoms with Crippen molar-refractivity contribution in [3.63, 3.8) is 0 Å². The lowest BCUT2D eigenvalue weighted by molar-refractivity contribution is -0.619. The molecule has 0 bridgehead atoms. The van der Waals surface area contributed by atoms with Crippen LogP contribution >= 0.6 is 0 Å². The highest BCUT2D eigenvalue weighted by atomic mass is 16.5. The summed E-state index contributed by atoms with van der Waals surface area (Å²) in [5.41, 5.74) is 5.99. The molecule has 7 nitrogen and oxygen atoms in total. The van der Waals surface area contributed by atoms with Crippen molar-refractivity contribution in [2.75, 3.05) is 11.1 Å². The molecule has 1 aromatic heterocycles. The molecule has 1 amide bonds. The lowest BCUT2D eigenvalue weighted by atomic mass is 10.1. The third-order valence-corrected chi connectivity index (χ3v) is 4.21. The van der Waals surface area contributed by atoms with Gasteiger partial charge < -0.3 is 15.7 Å². The minimum absolute atomic E-state index is 0.0698. The third kappa shape index (κ3) is 2.42. The monoisotopic (exact) mass is 346 g/mol. The summed E-state index contributed by atoms with van der Waals surface area (Å²) in [5, 5.41) is 29.4. The molecule has 26 heavy (non-hydrogen) atoms. The summed E-state index contributed by atoms with van der Waals surface area (Å²) in [6, 6.07) is 19.2. The van der Waals surface area contributed by atoms with Gasteiger partial charge in [-0.3, -0.25) is 10.5 Å². The molecule has 0 atom stereocenters. The summed E-state index contributed by atoms with van der Waals surface area (Å²) in [4.78, 5) is 12.6. The van der Waals surface area contributed by atoms with Crippen molar-refractivity contribution in [3.05, 3.63) is 82.8 Å². The van der Waals surface area contributed by atoms with Crippen LogP contribution in [-0.4, -0.2) is 5.91 Å². The normalized spacial score (nSPS) is 10.9. The largest absolute Gasteiger partial charge is 0.710 e. The average Bonchev–Trinajstić information content (AvgIpc) is 2.66. The summed E-state index contributed by atoms with van der Waals surface area (Å²) in [6.07, 6.45) is 0. The quantitative estimate of drug-likeness (QED) is 0.428. The molecular formula is C19H14N4O3. The number of nitrogens with one attached hydrogen (secondary N) is 1. The summed E-state index contributed by atoms with van der Waals surface area (Å²) < 4.78 is 0.772. The number of hydrogen-bond donors (Lipinski definition) is 2. The van der Waals surface area contributed by atoms with Crippen molar-refractivity contribution in [2.45, 2.75) is 0 Å². The van der Waals surface area contributed by atoms with E-state index < -0.39 is 17.4 Å². The van der Waals surface area contributed by atoms with Gasteiger partial charge in [-0.25, -0.2) is 4.73 Å². The lowest BCUT2D eigenvalue weighted by Crippen LogP contribution is -2.47. The predicted molar refractivity (Wildman–Crippen MR) is 98.2 cm³/mol. The second-order valence-corrected chi connectivity index (χ2v) is 5.83. The highest BCUT2D eigenvalue weighted by Crippen LogP contribution is 2.20. The van der Waals surface area contributed by atoms with Gasteiger partial charge in [0, 0.05) is 11.8 Å². The standard InChI is InChI=1S/C19H14N4O3/c20-18-17(22(25)15-7-3-4-8-16(15)23(18)26)19(24)21-14-10-9-12-5-1-2-6-13(12)11-14/h1-11H,20H2,(H,21,24). The number of nitrogens with two attached hydrogens (primary N) is 1. The van der Waals surface area contributed by atoms with E-state index in [1.807, 2.05) is 30.3 Å². The number of carbonyl (C=O) groups is 1. The van der Waals surface area contributed by atoms with Crippen LogP contribution in [0.5, 0.6) is 0 Å². The topological polar surface area (TPSA) is 109 Å². The van der Waals surface area contributed by atoms with Crippen LogP contribution in [0, 0.1) is 10.4 Å². The molecule has 3 aromatic carbocycles. The zero-order chi connectivity index (χ0) is 18.3. The summed E-state index contributed by atoms with van der Waals surface area (Å²) >= 11 is 0. The van der Waals surface area contributed by atoms with Crippen LogP contribution in [-0.2, 0) is 0 Å². The van der Waals surface area contributed by atoms with Gasteiger partial charge in [-0.15, -0.1) is 4.73 Å². The first-order valence-electron chi connectivity index (χ1n) is 7.90. The van der Waals surface area contributed by atoms with E-state index in [-0.39, 0.29) is 11.0 Å². The van der Waals surface area contributed by atoms with Gasteiger partial charge in [0.05, 0.1) is 0 Å². The van der Waals surface area contributed by atoms with Crippen molar-refractivity contribution in [2.24, 2.45) is 0 Å². The van der Waals surface area contributed by atoms with Gasteiger partial charge in [-0.2, -0.15) is 0 Å². The van der Waals surface area contributed by atoms with E-state index >= 15 is 0 Å². The molecule has 4 aromatic rings. The van der Waals surface area contributed by atoms with Gasteiger partial charge in [-0.05, 0) is 29.0 Å². The number of anilines is 2. The van der Waals surface area contributed by atoms with Crippen molar-refractivity contribution in [1.82, 2.24) is 0 Å². The van der Waals surface area contributed by atoms with Crippen molar-refractivity contribution >= 4 is 39.2 Å². The Kier molecular flexibility index (Phi) is 3.54. The molecule has 0 spiro atoms. The molecule has 0 aliphatic rings. The molecule has 0 aliphatic heterocycles. The lowest BCUT2D eigenvalue weighted by Gasteiger charge is -2.13. The highest BCUT2D eigenvalue weighted by molar-refractivity contribution is 6.05. The fraction of sp³-hybridized carbons (Fsp3) is 0. The van der Waals surface area contributed by atoms with E-state index in [2.05, 4.69) is 5.32 Å². The van der Waals surface area contributed by atoms with Crippen LogP contribution in [0.3, 0.4) is 0 Å². The summed E-state index contributed by atoms with van der Waals surface area (Å²) in [7, 11) is 0. The van der Waals surface area contributed by atoms with Crippen molar-refractivity contribution in [1.29, 1.82) is 0 Å². The number of fused-ring (bicyclic) bond motifs is 2. The Morgan fingerprint density at radius 2 is 1.46 bits per heavy atom. The number of carbonyl (C=O) groups excluding carboxylic acids is 1. The van der Waals surface area contributed by atoms with Crippen LogP contribution < -0.4 is 20.5 Å². The molecule has 1 heterocycles. The Hall–Kier alpha value is -3.87. The molecule has 0 fully saturated rings. The van der Waals surface area contributed by atoms with Gasteiger partial charge in [-0.1, -0.05) is 42.5 Å². The Morgan fingerprint density at radius 1 is 0.846 bits per heavy atom. The minimum atomic E-state index is -0.747. The van der Waals surface area contributed by atoms with E-state index in [1.165, 1.54) is 12.1 Å². The van der Waals surface area contributed by atoms with Crippen LogP contribution in [0.2, 0.25) is 0 Å². The maximum Gasteiger partial charge on any atom is 0.372 e. The maximum absolute atomic E-state index is 12.6. The molecule has 0 saturated carbocycles. The molecule has 0 aliphatic carbocycles. The number of amides is 1. The second-order valence-electron chi connectivity index (χ2n) is 5.83. The maximum atomic E-state index is 12.6. The fourth-order valence-electron chi connectivity index (χ4n) is 2.92. The number of aromatic nitrogens is 2. The molecule has 3 N–H and O–H groups in total. The summed E-state index contributed by atoms with van der Waals surface area (Å²) in [6.45, 7) is 0. The number of para-hydroxylation sites is 2. The predicted octanol–water partition coefficient (Wildman–Crippen LogP) is 2.09. The first-order valence-corrected chi connectivity index (χ1v) is 7.90. The summed E-state index contributed by atoms with van der Waals surface area (Å²) in [5.74, 6) is -1.19. The number of benzene rings is 3. The molecule has 0 radical (unpaired) electrons. The highest BCUT2D eigenvalue weighted by Gasteiger charge is 2.30. The Bertz CT molecular complexity index is 1170. The number of nitrogen functional groups attached to an aromatic ring is 1. The molecule has 7 heteroatoms. The van der Waals surface area contributed by atoms with Crippen LogP contribution in [0.15, 0.2) is 66.7 Å². The van der Waals surface area contributed by atoms with Crippen LogP contribution in [0.25, 0.3) is 21.8 Å². The number of nitrogens with zero attached hydrogens (tertiary/aromatic N) is 2. The second kappa shape index (κ2) is 5.89. The smallest absolute Gasteiger partial charge is 0.372 e. The van der Waals surface area contributed by atoms with Crippen molar-refractivity contribution in [3.8, 4) is 0 Å². The van der Waals surface area contributed by atoms with Gasteiger partial charge in [0.15, 0.2) is 0 Å². The SMILES string of the molecule is Nc1c(C(=O)Nc2ccc3ccccc3c2)[n+]([O-])c2ccccc2[n+]1[O-]. The van der Waals surface area contributed by atoms with Crippen LogP contribution in [0.1, 0.15) is 10.5 Å². The van der Waals surface area contributed by atoms with E-state index in [0.717, 1.165) is 10.8 Å². The van der Waals surface area contributed by atoms with Gasteiger partial charge in [0.2, 0.25) is 5.52 Å². The first-order chi connectivity index (χ1) is 12.6. The first kappa shape index (κ1) is 15.6. The number of rotatable bonds is 2. The fourth-order valence-corrected chi connectivity index (χ4v) is 2.92. The Balaban J connectivity index is 1.78. The number of hydrogen-bond acceptors (Lipinski definition) is 4. The zero-order valence-electron chi connectivity index (χ0n) is 13.5. The minimum Gasteiger partial charge on any atom is -0.710 e. The Morgan fingerprint density at radius 3 is 2.19 bits per heavy atom. The van der Waals surface area contributed by atoms with E-state index in [1.54, 1.807) is 24.3 Å². The molecule has 0 unspecified atom stereocenters. The van der Waals surface area contributed by atoms with E-state index in [9.17, 15) is 15.2 Å². The van der Waals surface area contributed by atoms with E-state index in [4.69, 9.17) is 5.73 Å². The molecule has 0 saturated heterocycles. The molecule has 4 rings (SSSR count). The van der Waals surface area contributed by atoms with Gasteiger partial charge >= 0.3 is 17.4 Å². The Labute approximate surface area is 148 Å². The molecule has 128 valence electrons.